The van der Waals surface area contributed by atoms with Gasteiger partial charge in [-0.3, -0.25) is 0 Å². The van der Waals surface area contributed by atoms with Crippen molar-refractivity contribution in [3.8, 4) is 0 Å². The SMILES string of the molecule is C=C/C=C/C/C=C/N. The second-order valence-electron chi connectivity index (χ2n) is 1.33. The van der Waals surface area contributed by atoms with Gasteiger partial charge in [0.05, 0.1) is 0 Å². The molecule has 0 aliphatic rings. The second-order valence-corrected chi connectivity index (χ2v) is 1.33. The van der Waals surface area contributed by atoms with Crippen molar-refractivity contribution in [2.45, 2.75) is 6.42 Å². The van der Waals surface area contributed by atoms with Gasteiger partial charge in [-0.05, 0) is 12.6 Å². The van der Waals surface area contributed by atoms with Crippen LogP contribution in [-0.2, 0) is 0 Å². The highest BCUT2D eigenvalue weighted by atomic mass is 14.5. The molecule has 1 nitrogen and oxygen atoms in total. The largest absolute Gasteiger partial charge is 0.405 e. The lowest BCUT2D eigenvalue weighted by atomic mass is 10.4. The van der Waals surface area contributed by atoms with Crippen LogP contribution >= 0.6 is 0 Å². The van der Waals surface area contributed by atoms with E-state index in [1.54, 1.807) is 6.08 Å². The Kier molecular flexibility index (Phi) is 5.28. The molecule has 0 aromatic heterocycles. The zero-order chi connectivity index (χ0) is 6.24. The van der Waals surface area contributed by atoms with Crippen LogP contribution in [0, 0.1) is 0 Å². The van der Waals surface area contributed by atoms with E-state index in [1.807, 2.05) is 18.2 Å². The average Bonchev–Trinajstić information content (AvgIpc) is 1.81. The first kappa shape index (κ1) is 7.02. The molecule has 0 aliphatic heterocycles. The van der Waals surface area contributed by atoms with Gasteiger partial charge in [-0.1, -0.05) is 30.9 Å². The number of hydrogen-bond acceptors (Lipinski definition) is 1. The van der Waals surface area contributed by atoms with Crippen LogP contribution in [-0.4, -0.2) is 0 Å². The summed E-state index contributed by atoms with van der Waals surface area (Å²) >= 11 is 0. The number of rotatable bonds is 3. The first-order valence-electron chi connectivity index (χ1n) is 2.56. The van der Waals surface area contributed by atoms with Gasteiger partial charge in [0.25, 0.3) is 0 Å². The quantitative estimate of drug-likeness (QED) is 0.547. The van der Waals surface area contributed by atoms with Gasteiger partial charge in [-0.2, -0.15) is 0 Å². The minimum absolute atomic E-state index is 0.891. The summed E-state index contributed by atoms with van der Waals surface area (Å²) in [7, 11) is 0. The van der Waals surface area contributed by atoms with E-state index in [2.05, 4.69) is 6.58 Å². The van der Waals surface area contributed by atoms with Crippen molar-refractivity contribution >= 4 is 0 Å². The van der Waals surface area contributed by atoms with Gasteiger partial charge in [-0.15, -0.1) is 0 Å². The topological polar surface area (TPSA) is 26.0 Å². The lowest BCUT2D eigenvalue weighted by Gasteiger charge is -1.74. The zero-order valence-electron chi connectivity index (χ0n) is 4.88. The summed E-state index contributed by atoms with van der Waals surface area (Å²) in [5, 5.41) is 0. The van der Waals surface area contributed by atoms with E-state index in [0.29, 0.717) is 0 Å². The normalized spacial score (nSPS) is 11.0. The predicted molar refractivity (Wildman–Crippen MR) is 37.3 cm³/mol. The fourth-order valence-electron chi connectivity index (χ4n) is 0.332. The van der Waals surface area contributed by atoms with Gasteiger partial charge in [0.15, 0.2) is 0 Å². The number of allylic oxidation sites excluding steroid dienone is 4. The number of nitrogens with two attached hydrogens (primary N) is 1. The first-order valence-corrected chi connectivity index (χ1v) is 2.56. The summed E-state index contributed by atoms with van der Waals surface area (Å²) in [6.45, 7) is 3.52. The van der Waals surface area contributed by atoms with E-state index in [0.717, 1.165) is 6.42 Å². The molecule has 0 radical (unpaired) electrons. The highest BCUT2D eigenvalue weighted by Crippen LogP contribution is 1.82. The Labute approximate surface area is 50.2 Å². The molecule has 0 heterocycles. The van der Waals surface area contributed by atoms with Gasteiger partial charge in [0.1, 0.15) is 0 Å². The van der Waals surface area contributed by atoms with Crippen LogP contribution in [0.15, 0.2) is 37.1 Å². The lowest BCUT2D eigenvalue weighted by molar-refractivity contribution is 1.36. The van der Waals surface area contributed by atoms with Crippen LogP contribution in [0.1, 0.15) is 6.42 Å². The molecule has 0 aliphatic carbocycles. The lowest BCUT2D eigenvalue weighted by Crippen LogP contribution is -1.73. The minimum Gasteiger partial charge on any atom is -0.405 e. The molecule has 0 spiro atoms. The molecule has 2 N–H and O–H groups in total. The van der Waals surface area contributed by atoms with Crippen molar-refractivity contribution < 1.29 is 0 Å². The van der Waals surface area contributed by atoms with Crippen LogP contribution in [0.2, 0.25) is 0 Å². The summed E-state index contributed by atoms with van der Waals surface area (Å²) in [5.74, 6) is 0. The molecule has 0 rings (SSSR count). The van der Waals surface area contributed by atoms with Gasteiger partial charge in [0.2, 0.25) is 0 Å². The van der Waals surface area contributed by atoms with Gasteiger partial charge in [-0.25, -0.2) is 0 Å². The molecule has 0 saturated heterocycles. The Bertz CT molecular complexity index is 101. The van der Waals surface area contributed by atoms with Crippen LogP contribution in [0.25, 0.3) is 0 Å². The number of hydrogen-bond donors (Lipinski definition) is 1. The summed E-state index contributed by atoms with van der Waals surface area (Å²) < 4.78 is 0. The van der Waals surface area contributed by atoms with Crippen LogP contribution in [0.4, 0.5) is 0 Å². The smallest absolute Gasteiger partial charge is 0.00999 e. The third-order valence-electron chi connectivity index (χ3n) is 0.680. The highest BCUT2D eigenvalue weighted by Gasteiger charge is 1.63. The van der Waals surface area contributed by atoms with Crippen LogP contribution < -0.4 is 5.73 Å². The Morgan fingerprint density at radius 3 is 2.62 bits per heavy atom. The fraction of sp³-hybridized carbons (Fsp3) is 0.143. The molecule has 8 heavy (non-hydrogen) atoms. The van der Waals surface area contributed by atoms with E-state index >= 15 is 0 Å². The van der Waals surface area contributed by atoms with Crippen molar-refractivity contribution in [3.63, 3.8) is 0 Å². The Balaban J connectivity index is 3.15. The molecular formula is C7H11N. The summed E-state index contributed by atoms with van der Waals surface area (Å²) in [4.78, 5) is 0. The van der Waals surface area contributed by atoms with Crippen molar-refractivity contribution in [2.24, 2.45) is 5.73 Å². The maximum Gasteiger partial charge on any atom is -0.00999 e. The fourth-order valence-corrected chi connectivity index (χ4v) is 0.332. The molecular weight excluding hydrogens is 98.1 g/mol. The molecule has 0 aromatic rings. The Morgan fingerprint density at radius 2 is 2.12 bits per heavy atom. The monoisotopic (exact) mass is 109 g/mol. The van der Waals surface area contributed by atoms with Crippen molar-refractivity contribution in [3.05, 3.63) is 37.1 Å². The average molecular weight is 109 g/mol. The summed E-state index contributed by atoms with van der Waals surface area (Å²) in [6, 6.07) is 0. The maximum absolute atomic E-state index is 5.07. The van der Waals surface area contributed by atoms with E-state index in [-0.39, 0.29) is 0 Å². The molecule has 0 fully saturated rings. The molecule has 0 unspecified atom stereocenters. The van der Waals surface area contributed by atoms with Gasteiger partial charge in [0, 0.05) is 0 Å². The summed E-state index contributed by atoms with van der Waals surface area (Å²) in [6.07, 6.45) is 9.91. The third kappa shape index (κ3) is 5.02. The molecule has 0 amide bonds. The maximum atomic E-state index is 5.07. The van der Waals surface area contributed by atoms with Crippen molar-refractivity contribution in [1.82, 2.24) is 0 Å². The predicted octanol–water partition coefficient (Wildman–Crippen LogP) is 1.59. The Hall–Kier alpha value is -0.980. The molecule has 0 aromatic carbocycles. The van der Waals surface area contributed by atoms with Crippen molar-refractivity contribution in [2.75, 3.05) is 0 Å². The van der Waals surface area contributed by atoms with Crippen LogP contribution in [0.5, 0.6) is 0 Å². The molecule has 1 heteroatoms. The molecule has 44 valence electrons. The van der Waals surface area contributed by atoms with E-state index in [1.165, 1.54) is 6.20 Å². The van der Waals surface area contributed by atoms with E-state index in [9.17, 15) is 0 Å². The summed E-state index contributed by atoms with van der Waals surface area (Å²) in [5.41, 5.74) is 5.07. The standard InChI is InChI=1S/C7H11N/c1-2-3-4-5-6-7-8/h2-4,6-7H,1,5,8H2/b4-3+,7-6+. The van der Waals surface area contributed by atoms with Gasteiger partial charge >= 0.3 is 0 Å². The van der Waals surface area contributed by atoms with Crippen molar-refractivity contribution in [1.29, 1.82) is 0 Å². The highest BCUT2D eigenvalue weighted by molar-refractivity contribution is 5.00. The second kappa shape index (κ2) is 6.02. The van der Waals surface area contributed by atoms with Crippen LogP contribution in [0.3, 0.4) is 0 Å². The van der Waals surface area contributed by atoms with Gasteiger partial charge < -0.3 is 5.73 Å². The Morgan fingerprint density at radius 1 is 1.38 bits per heavy atom. The van der Waals surface area contributed by atoms with E-state index < -0.39 is 0 Å². The molecule has 0 saturated carbocycles. The first-order chi connectivity index (χ1) is 3.91. The minimum atomic E-state index is 0.891. The zero-order valence-corrected chi connectivity index (χ0v) is 4.88. The molecule has 0 atom stereocenters. The molecule has 0 bridgehead atoms. The third-order valence-corrected chi connectivity index (χ3v) is 0.680. The van der Waals surface area contributed by atoms with E-state index in [4.69, 9.17) is 5.73 Å².